The van der Waals surface area contributed by atoms with E-state index in [9.17, 15) is 13.2 Å². The molecule has 2 aromatic rings. The molecule has 1 aromatic carbocycles. The highest BCUT2D eigenvalue weighted by Crippen LogP contribution is 2.35. The van der Waals surface area contributed by atoms with Gasteiger partial charge in [-0.1, -0.05) is 12.1 Å². The van der Waals surface area contributed by atoms with E-state index >= 15 is 0 Å². The lowest BCUT2D eigenvalue weighted by Gasteiger charge is -2.19. The first kappa shape index (κ1) is 17.7. The van der Waals surface area contributed by atoms with E-state index in [1.54, 1.807) is 24.3 Å². The predicted molar refractivity (Wildman–Crippen MR) is 95.0 cm³/mol. The number of fused-ring (bicyclic) bond motifs is 2. The molecule has 4 rings (SSSR count). The number of hydrogen-bond donors (Lipinski definition) is 1. The average Bonchev–Trinajstić information content (AvgIpc) is 3.06. The van der Waals surface area contributed by atoms with Crippen LogP contribution in [0.3, 0.4) is 0 Å². The van der Waals surface area contributed by atoms with Gasteiger partial charge in [0, 0.05) is 12.6 Å². The molecular weight excluding hydrogens is 372 g/mol. The molecule has 0 unspecified atom stereocenters. The molecule has 9 nitrogen and oxygen atoms in total. The van der Waals surface area contributed by atoms with Gasteiger partial charge in [-0.3, -0.25) is 0 Å². The highest BCUT2D eigenvalue weighted by molar-refractivity contribution is 7.89. The quantitative estimate of drug-likeness (QED) is 0.770. The lowest BCUT2D eigenvalue weighted by atomic mass is 10.2. The molecule has 27 heavy (non-hydrogen) atoms. The molecule has 0 spiro atoms. The van der Waals surface area contributed by atoms with Crippen LogP contribution in [0.25, 0.3) is 0 Å². The van der Waals surface area contributed by atoms with E-state index in [4.69, 9.17) is 4.74 Å². The van der Waals surface area contributed by atoms with E-state index in [1.165, 1.54) is 23.8 Å². The summed E-state index contributed by atoms with van der Waals surface area (Å²) in [6.07, 6.45) is 3.32. The second-order valence-corrected chi connectivity index (χ2v) is 8.20. The Bertz CT molecular complexity index is 964. The van der Waals surface area contributed by atoms with Gasteiger partial charge < -0.3 is 14.8 Å². The number of anilines is 1. The normalized spacial score (nSPS) is 23.4. The maximum Gasteiger partial charge on any atom is 0.358 e. The minimum absolute atomic E-state index is 0.107. The highest BCUT2D eigenvalue weighted by atomic mass is 32.2. The van der Waals surface area contributed by atoms with Gasteiger partial charge in [0.25, 0.3) is 0 Å². The van der Waals surface area contributed by atoms with Crippen LogP contribution in [-0.4, -0.2) is 61.0 Å². The minimum atomic E-state index is -3.63. The number of carbonyl (C=O) groups excluding carboxylic acids is 1. The Morgan fingerprint density at radius 3 is 2.85 bits per heavy atom. The monoisotopic (exact) mass is 390 g/mol. The smallest absolute Gasteiger partial charge is 0.358 e. The van der Waals surface area contributed by atoms with Crippen LogP contribution in [0.1, 0.15) is 16.9 Å². The third-order valence-corrected chi connectivity index (χ3v) is 6.59. The van der Waals surface area contributed by atoms with Crippen molar-refractivity contribution in [2.75, 3.05) is 25.6 Å². The molecule has 1 fully saturated rings. The van der Waals surface area contributed by atoms with Crippen LogP contribution in [0.15, 0.2) is 41.6 Å². The van der Waals surface area contributed by atoms with Crippen molar-refractivity contribution in [3.05, 3.63) is 42.4 Å². The molecule has 1 N–H and O–H groups in total. The summed E-state index contributed by atoms with van der Waals surface area (Å²) >= 11 is 0. The van der Waals surface area contributed by atoms with Crippen LogP contribution in [0, 0.1) is 0 Å². The van der Waals surface area contributed by atoms with Gasteiger partial charge in [0.2, 0.25) is 10.0 Å². The van der Waals surface area contributed by atoms with Crippen molar-refractivity contribution in [1.29, 1.82) is 0 Å². The molecule has 1 aromatic heterocycles. The van der Waals surface area contributed by atoms with Gasteiger partial charge >= 0.3 is 5.97 Å². The molecule has 2 atom stereocenters. The molecule has 0 amide bonds. The Morgan fingerprint density at radius 1 is 1.30 bits per heavy atom. The fourth-order valence-electron chi connectivity index (χ4n) is 3.35. The second-order valence-electron chi connectivity index (χ2n) is 6.34. The molecule has 2 aliphatic heterocycles. The molecule has 0 radical (unpaired) electrons. The zero-order valence-electron chi connectivity index (χ0n) is 14.5. The summed E-state index contributed by atoms with van der Waals surface area (Å²) in [5.74, 6) is 0.287. The highest BCUT2D eigenvalue weighted by Gasteiger charge is 2.43. The van der Waals surface area contributed by atoms with Crippen molar-refractivity contribution in [3.8, 4) is 5.75 Å². The molecule has 10 heteroatoms. The van der Waals surface area contributed by atoms with Crippen molar-refractivity contribution in [2.24, 2.45) is 0 Å². The number of esters is 1. The third kappa shape index (κ3) is 3.21. The van der Waals surface area contributed by atoms with Crippen LogP contribution in [0.4, 0.5) is 5.82 Å². The van der Waals surface area contributed by atoms with Gasteiger partial charge in [0.05, 0.1) is 25.5 Å². The Hall–Kier alpha value is -2.72. The maximum atomic E-state index is 13.0. The van der Waals surface area contributed by atoms with E-state index in [0.717, 1.165) is 0 Å². The van der Waals surface area contributed by atoms with Crippen molar-refractivity contribution < 1.29 is 22.7 Å². The van der Waals surface area contributed by atoms with Gasteiger partial charge in [-0.25, -0.2) is 23.2 Å². The lowest BCUT2D eigenvalue weighted by Crippen LogP contribution is -2.37. The number of sulfonamides is 1. The van der Waals surface area contributed by atoms with Crippen LogP contribution in [0.2, 0.25) is 0 Å². The number of carbonyl (C=O) groups is 1. The number of ether oxygens (including phenoxy) is 2. The molecule has 3 heterocycles. The average molecular weight is 390 g/mol. The third-order valence-electron chi connectivity index (χ3n) is 4.63. The number of para-hydroxylation sites is 1. The van der Waals surface area contributed by atoms with E-state index in [-0.39, 0.29) is 22.7 Å². The fraction of sp³-hybridized carbons (Fsp3) is 0.353. The number of hydrogen-bond acceptors (Lipinski definition) is 8. The van der Waals surface area contributed by atoms with Gasteiger partial charge in [-0.2, -0.15) is 4.31 Å². The van der Waals surface area contributed by atoms with Crippen LogP contribution >= 0.6 is 0 Å². The summed E-state index contributed by atoms with van der Waals surface area (Å²) < 4.78 is 37.8. The topological polar surface area (TPSA) is 111 Å². The first-order valence-electron chi connectivity index (χ1n) is 8.39. The van der Waals surface area contributed by atoms with Crippen LogP contribution in [0.5, 0.6) is 5.75 Å². The van der Waals surface area contributed by atoms with E-state index < -0.39 is 16.0 Å². The summed E-state index contributed by atoms with van der Waals surface area (Å²) in [4.78, 5) is 19.7. The fourth-order valence-corrected chi connectivity index (χ4v) is 5.15. The first-order chi connectivity index (χ1) is 13.0. The number of nitrogens with one attached hydrogen (secondary N) is 1. The summed E-state index contributed by atoms with van der Waals surface area (Å²) in [5, 5.41) is 3.18. The molecule has 1 saturated heterocycles. The van der Waals surface area contributed by atoms with Crippen LogP contribution < -0.4 is 10.1 Å². The zero-order valence-corrected chi connectivity index (χ0v) is 15.3. The summed E-state index contributed by atoms with van der Waals surface area (Å²) in [6.45, 7) is 0.590. The summed E-state index contributed by atoms with van der Waals surface area (Å²) in [6, 6.07) is 6.27. The maximum absolute atomic E-state index is 13.0. The molecule has 142 valence electrons. The minimum Gasteiger partial charge on any atom is -0.490 e. The van der Waals surface area contributed by atoms with E-state index in [2.05, 4.69) is 20.0 Å². The molecule has 0 aliphatic carbocycles. The van der Waals surface area contributed by atoms with Crippen molar-refractivity contribution in [1.82, 2.24) is 14.3 Å². The van der Waals surface area contributed by atoms with Gasteiger partial charge in [-0.05, 0) is 18.6 Å². The Labute approximate surface area is 156 Å². The number of methoxy groups -OCH3 is 1. The number of benzene rings is 1. The summed E-state index contributed by atoms with van der Waals surface area (Å²) in [5.41, 5.74) is 0.107. The zero-order chi connectivity index (χ0) is 19.0. The molecular formula is C17H18N4O5S. The predicted octanol–water partition coefficient (Wildman–Crippen LogP) is 0.899. The van der Waals surface area contributed by atoms with Crippen LogP contribution in [-0.2, 0) is 14.8 Å². The lowest BCUT2D eigenvalue weighted by molar-refractivity contribution is 0.0593. The number of rotatable bonds is 3. The first-order valence-corrected chi connectivity index (χ1v) is 9.83. The van der Waals surface area contributed by atoms with Gasteiger partial charge in [-0.15, -0.1) is 0 Å². The summed E-state index contributed by atoms with van der Waals surface area (Å²) in [7, 11) is -2.36. The molecule has 0 bridgehead atoms. The van der Waals surface area contributed by atoms with Crippen molar-refractivity contribution >= 4 is 21.8 Å². The van der Waals surface area contributed by atoms with Gasteiger partial charge in [0.15, 0.2) is 5.69 Å². The SMILES string of the molecule is COC(=O)c1cnc(N[C@H]2C[C@H]3COc4ccccc4S(=O)(=O)N3C2)cn1. The second kappa shape index (κ2) is 6.78. The van der Waals surface area contributed by atoms with Crippen molar-refractivity contribution in [3.63, 3.8) is 0 Å². The Morgan fingerprint density at radius 2 is 2.11 bits per heavy atom. The standard InChI is InChI=1S/C17H18N4O5S/c1-25-17(22)13-7-19-16(8-18-13)20-11-6-12-10-26-14-4-2-3-5-15(14)27(23,24)21(12)9-11/h2-5,7-8,11-12H,6,9-10H2,1H3,(H,19,20)/t11-,12-/m0/s1. The molecule has 0 saturated carbocycles. The van der Waals surface area contributed by atoms with Gasteiger partial charge in [0.1, 0.15) is 23.1 Å². The number of nitrogens with zero attached hydrogens (tertiary/aromatic N) is 3. The Kier molecular flexibility index (Phi) is 4.44. The Balaban J connectivity index is 1.51. The van der Waals surface area contributed by atoms with Crippen molar-refractivity contribution in [2.45, 2.75) is 23.4 Å². The largest absolute Gasteiger partial charge is 0.490 e. The molecule has 2 aliphatic rings. The number of aromatic nitrogens is 2. The van der Waals surface area contributed by atoms with E-state index in [1.807, 2.05) is 0 Å². The van der Waals surface area contributed by atoms with E-state index in [0.29, 0.717) is 31.1 Å².